The molecule has 2 atom stereocenters. The molecule has 0 heterocycles. The summed E-state index contributed by atoms with van der Waals surface area (Å²) in [6.45, 7) is 1.58. The minimum absolute atomic E-state index is 0.0461. The average molecular weight is 340 g/mol. The van der Waals surface area contributed by atoms with Crippen LogP contribution < -0.4 is 0 Å². The Morgan fingerprint density at radius 2 is 1.87 bits per heavy atom. The highest BCUT2D eigenvalue weighted by Crippen LogP contribution is 2.27. The highest BCUT2D eigenvalue weighted by atomic mass is 127. The zero-order valence-corrected chi connectivity index (χ0v) is 11.3. The molecule has 3 nitrogen and oxygen atoms in total. The second kappa shape index (κ2) is 5.27. The molecule has 0 fully saturated rings. The Hall–Kier alpha value is -0.140. The lowest BCUT2D eigenvalue weighted by Crippen LogP contribution is -2.24. The van der Waals surface area contributed by atoms with Gasteiger partial charge in [-0.3, -0.25) is 0 Å². The van der Waals surface area contributed by atoms with E-state index < -0.39 is 19.2 Å². The van der Waals surface area contributed by atoms with Crippen LogP contribution in [0.25, 0.3) is 0 Å². The van der Waals surface area contributed by atoms with Crippen molar-refractivity contribution in [2.45, 2.75) is 16.3 Å². The van der Waals surface area contributed by atoms with Crippen molar-refractivity contribution in [3.63, 3.8) is 0 Å². The fourth-order valence-electron chi connectivity index (χ4n) is 1.16. The number of rotatable bonds is 4. The molecule has 15 heavy (non-hydrogen) atoms. The van der Waals surface area contributed by atoms with Gasteiger partial charge in [-0.15, -0.1) is 0 Å². The van der Waals surface area contributed by atoms with E-state index in [1.54, 1.807) is 53.8 Å². The molecule has 84 valence electrons. The van der Waals surface area contributed by atoms with E-state index in [-0.39, 0.29) is 5.75 Å². The maximum atomic E-state index is 11.5. The van der Waals surface area contributed by atoms with Gasteiger partial charge in [0, 0.05) is 5.75 Å². The Bertz CT molecular complexity index is 402. The molecular formula is C10H13IO3S. The van der Waals surface area contributed by atoms with Crippen LogP contribution in [0.2, 0.25) is 0 Å². The first-order valence-corrected chi connectivity index (χ1v) is 7.53. The molecule has 0 aliphatic heterocycles. The van der Waals surface area contributed by atoms with Crippen LogP contribution in [-0.4, -0.2) is 22.5 Å². The molecule has 5 heteroatoms. The summed E-state index contributed by atoms with van der Waals surface area (Å²) in [4.78, 5) is 0. The van der Waals surface area contributed by atoms with E-state index in [4.69, 9.17) is 0 Å². The summed E-state index contributed by atoms with van der Waals surface area (Å²) < 4.78 is 22.3. The average Bonchev–Trinajstić information content (AvgIpc) is 2.28. The summed E-state index contributed by atoms with van der Waals surface area (Å²) in [7, 11) is -3.21. The van der Waals surface area contributed by atoms with Gasteiger partial charge in [0.05, 0.1) is 0 Å². The lowest BCUT2D eigenvalue weighted by atomic mass is 10.1. The highest BCUT2D eigenvalue weighted by molar-refractivity contribution is 14.1. The van der Waals surface area contributed by atoms with Gasteiger partial charge in [-0.2, -0.15) is 0 Å². The largest absolute Gasteiger partial charge is 0.386 e. The van der Waals surface area contributed by atoms with Gasteiger partial charge in [-0.25, -0.2) is 8.42 Å². The Balaban J connectivity index is 2.92. The number of alkyl halides is 1. The molecule has 0 amide bonds. The van der Waals surface area contributed by atoms with Gasteiger partial charge in [-0.05, 0) is 5.56 Å². The number of aliphatic hydroxyl groups is 1. The first kappa shape index (κ1) is 12.9. The van der Waals surface area contributed by atoms with E-state index >= 15 is 0 Å². The third-order valence-corrected chi connectivity index (χ3v) is 6.89. The molecule has 0 aromatic heterocycles. The number of halogens is 1. The molecule has 1 rings (SSSR count). The van der Waals surface area contributed by atoms with Gasteiger partial charge in [-0.1, -0.05) is 59.8 Å². The fraction of sp³-hybridized carbons (Fsp3) is 0.400. The molecule has 0 spiro atoms. The van der Waals surface area contributed by atoms with Gasteiger partial charge < -0.3 is 5.11 Å². The predicted octanol–water partition coefficient (Wildman–Crippen LogP) is 1.92. The summed E-state index contributed by atoms with van der Waals surface area (Å²) in [5, 5.41) is 9.87. The lowest BCUT2D eigenvalue weighted by Gasteiger charge is -2.17. The Labute approximate surface area is 104 Å². The van der Waals surface area contributed by atoms with Gasteiger partial charge >= 0.3 is 0 Å². The maximum Gasteiger partial charge on any atom is 0.164 e. The Morgan fingerprint density at radius 1 is 1.33 bits per heavy atom. The van der Waals surface area contributed by atoms with Gasteiger partial charge in [0.15, 0.2) is 9.84 Å². The molecule has 0 bridgehead atoms. The van der Waals surface area contributed by atoms with Gasteiger partial charge in [0.2, 0.25) is 0 Å². The smallest absolute Gasteiger partial charge is 0.164 e. The van der Waals surface area contributed by atoms with Crippen LogP contribution in [0.1, 0.15) is 18.6 Å². The summed E-state index contributed by atoms with van der Waals surface area (Å²) in [5.41, 5.74) is 0.633. The molecular weight excluding hydrogens is 327 g/mol. The minimum atomic E-state index is -3.21. The second-order valence-corrected chi connectivity index (χ2v) is 7.76. The van der Waals surface area contributed by atoms with Crippen molar-refractivity contribution in [1.29, 1.82) is 0 Å². The van der Waals surface area contributed by atoms with E-state index in [0.717, 1.165) is 0 Å². The number of benzene rings is 1. The van der Waals surface area contributed by atoms with Crippen LogP contribution in [0.4, 0.5) is 0 Å². The number of aliphatic hydroxyl groups excluding tert-OH is 1. The first-order valence-electron chi connectivity index (χ1n) is 4.57. The summed E-state index contributed by atoms with van der Waals surface area (Å²) in [6, 6.07) is 8.83. The van der Waals surface area contributed by atoms with Crippen LogP contribution in [-0.2, 0) is 9.84 Å². The van der Waals surface area contributed by atoms with Crippen LogP contribution in [0.15, 0.2) is 30.3 Å². The second-order valence-electron chi connectivity index (χ2n) is 3.16. The van der Waals surface area contributed by atoms with Crippen molar-refractivity contribution < 1.29 is 13.5 Å². The number of hydrogen-bond donors (Lipinski definition) is 1. The molecule has 1 N–H and O–H groups in total. The monoisotopic (exact) mass is 340 g/mol. The maximum absolute atomic E-state index is 11.5. The topological polar surface area (TPSA) is 54.4 Å². The summed E-state index contributed by atoms with van der Waals surface area (Å²) in [6.07, 6.45) is -0.961. The molecule has 1 aromatic carbocycles. The SMILES string of the molecule is CCS(=O)(=O)C(I)C(O)c1ccccc1. The van der Waals surface area contributed by atoms with Crippen molar-refractivity contribution in [3.8, 4) is 0 Å². The molecule has 0 radical (unpaired) electrons. The van der Waals surface area contributed by atoms with Crippen LogP contribution in [0.5, 0.6) is 0 Å². The highest BCUT2D eigenvalue weighted by Gasteiger charge is 2.29. The van der Waals surface area contributed by atoms with Gasteiger partial charge in [0.25, 0.3) is 0 Å². The van der Waals surface area contributed by atoms with E-state index in [1.807, 2.05) is 6.07 Å². The van der Waals surface area contributed by atoms with Crippen LogP contribution in [0.3, 0.4) is 0 Å². The van der Waals surface area contributed by atoms with Crippen molar-refractivity contribution in [3.05, 3.63) is 35.9 Å². The van der Waals surface area contributed by atoms with Crippen molar-refractivity contribution >= 4 is 32.4 Å². The number of hydrogen-bond acceptors (Lipinski definition) is 3. The molecule has 2 unspecified atom stereocenters. The van der Waals surface area contributed by atoms with E-state index in [0.29, 0.717) is 5.56 Å². The Kier molecular flexibility index (Phi) is 4.54. The molecule has 0 saturated carbocycles. The van der Waals surface area contributed by atoms with Crippen LogP contribution >= 0.6 is 22.6 Å². The van der Waals surface area contributed by atoms with Crippen molar-refractivity contribution in [2.75, 3.05) is 5.75 Å². The quantitative estimate of drug-likeness (QED) is 0.673. The summed E-state index contributed by atoms with van der Waals surface area (Å²) in [5.74, 6) is 0.0461. The van der Waals surface area contributed by atoms with Crippen molar-refractivity contribution in [2.24, 2.45) is 0 Å². The summed E-state index contributed by atoms with van der Waals surface area (Å²) >= 11 is 1.78. The molecule has 1 aromatic rings. The third kappa shape index (κ3) is 3.15. The van der Waals surface area contributed by atoms with E-state index in [9.17, 15) is 13.5 Å². The molecule has 0 saturated heterocycles. The molecule has 0 aliphatic rings. The van der Waals surface area contributed by atoms with Crippen molar-refractivity contribution in [1.82, 2.24) is 0 Å². The zero-order chi connectivity index (χ0) is 11.5. The first-order chi connectivity index (χ1) is 6.99. The van der Waals surface area contributed by atoms with E-state index in [1.165, 1.54) is 0 Å². The lowest BCUT2D eigenvalue weighted by molar-refractivity contribution is 0.197. The Morgan fingerprint density at radius 3 is 2.33 bits per heavy atom. The normalized spacial score (nSPS) is 15.9. The predicted molar refractivity (Wildman–Crippen MR) is 68.7 cm³/mol. The van der Waals surface area contributed by atoms with Gasteiger partial charge in [0.1, 0.15) is 9.36 Å². The van der Waals surface area contributed by atoms with E-state index in [2.05, 4.69) is 0 Å². The minimum Gasteiger partial charge on any atom is -0.386 e. The van der Waals surface area contributed by atoms with Crippen LogP contribution in [0, 0.1) is 0 Å². The third-order valence-electron chi connectivity index (χ3n) is 2.13. The molecule has 0 aliphatic carbocycles. The fourth-order valence-corrected chi connectivity index (χ4v) is 3.52. The standard InChI is InChI=1S/C10H13IO3S/c1-2-15(13,14)10(11)9(12)8-6-4-3-5-7-8/h3-7,9-10,12H,2H2,1H3. The number of sulfone groups is 1. The zero-order valence-electron chi connectivity index (χ0n) is 8.30.